The fourth-order valence-corrected chi connectivity index (χ4v) is 2.89. The zero-order chi connectivity index (χ0) is 14.0. The van der Waals surface area contributed by atoms with E-state index in [2.05, 4.69) is 25.7 Å². The van der Waals surface area contributed by atoms with Crippen LogP contribution in [0.3, 0.4) is 0 Å². The van der Waals surface area contributed by atoms with E-state index < -0.39 is 0 Å². The zero-order valence-corrected chi connectivity index (χ0v) is 12.1. The Labute approximate surface area is 115 Å². The number of piperidine rings is 1. The molecule has 0 bridgehead atoms. The third-order valence-corrected chi connectivity index (χ3v) is 4.26. The lowest BCUT2D eigenvalue weighted by Crippen LogP contribution is -2.38. The van der Waals surface area contributed by atoms with Gasteiger partial charge in [0.2, 0.25) is 0 Å². The topological polar surface area (TPSA) is 23.5 Å². The normalized spacial score (nSPS) is 17.8. The Morgan fingerprint density at radius 1 is 1.26 bits per heavy atom. The lowest BCUT2D eigenvalue weighted by molar-refractivity contribution is 0.198. The molecule has 0 saturated carbocycles. The van der Waals surface area contributed by atoms with Crippen LogP contribution in [0.1, 0.15) is 39.2 Å². The van der Waals surface area contributed by atoms with E-state index in [9.17, 15) is 4.39 Å². The molecule has 2 nitrogen and oxygen atoms in total. The standard InChI is InChI=1S/C16H24FNO/c1-16(2,3)13-6-8-18(9-7-13)15-5-4-12(11-19)10-14(15)17/h4-5,10,13,19H,6-9,11H2,1-3H3. The molecule has 106 valence electrons. The van der Waals surface area contributed by atoms with Gasteiger partial charge in [0.1, 0.15) is 5.82 Å². The molecule has 0 unspecified atom stereocenters. The van der Waals surface area contributed by atoms with Crippen LogP contribution in [0, 0.1) is 17.2 Å². The van der Waals surface area contributed by atoms with Crippen LogP contribution in [-0.4, -0.2) is 18.2 Å². The summed E-state index contributed by atoms with van der Waals surface area (Å²) >= 11 is 0. The molecule has 1 fully saturated rings. The van der Waals surface area contributed by atoms with Gasteiger partial charge in [-0.2, -0.15) is 0 Å². The minimum atomic E-state index is -0.222. The summed E-state index contributed by atoms with van der Waals surface area (Å²) in [6.07, 6.45) is 2.23. The average molecular weight is 265 g/mol. The van der Waals surface area contributed by atoms with E-state index in [1.54, 1.807) is 12.1 Å². The molecule has 1 aromatic rings. The Morgan fingerprint density at radius 2 is 1.89 bits per heavy atom. The highest BCUT2D eigenvalue weighted by atomic mass is 19.1. The van der Waals surface area contributed by atoms with Crippen molar-refractivity contribution in [3.05, 3.63) is 29.6 Å². The Hall–Kier alpha value is -1.09. The molecule has 0 aromatic heterocycles. The van der Waals surface area contributed by atoms with E-state index in [1.807, 2.05) is 0 Å². The van der Waals surface area contributed by atoms with Gasteiger partial charge < -0.3 is 10.0 Å². The van der Waals surface area contributed by atoms with E-state index in [-0.39, 0.29) is 12.4 Å². The summed E-state index contributed by atoms with van der Waals surface area (Å²) in [5, 5.41) is 9.01. The van der Waals surface area contributed by atoms with Crippen LogP contribution in [-0.2, 0) is 6.61 Å². The first-order chi connectivity index (χ1) is 8.91. The van der Waals surface area contributed by atoms with Crippen molar-refractivity contribution < 1.29 is 9.50 Å². The lowest BCUT2D eigenvalue weighted by atomic mass is 9.75. The Bertz CT molecular complexity index is 431. The Balaban J connectivity index is 2.06. The van der Waals surface area contributed by atoms with Gasteiger partial charge in [-0.05, 0) is 41.9 Å². The molecule has 3 heteroatoms. The molecule has 1 aliphatic heterocycles. The van der Waals surface area contributed by atoms with Gasteiger partial charge in [-0.15, -0.1) is 0 Å². The zero-order valence-electron chi connectivity index (χ0n) is 12.1. The van der Waals surface area contributed by atoms with Gasteiger partial charge in [0.25, 0.3) is 0 Å². The lowest BCUT2D eigenvalue weighted by Gasteiger charge is -2.39. The predicted octanol–water partition coefficient (Wildman–Crippen LogP) is 3.58. The fraction of sp³-hybridized carbons (Fsp3) is 0.625. The first-order valence-corrected chi connectivity index (χ1v) is 7.06. The number of hydrogen-bond donors (Lipinski definition) is 1. The third kappa shape index (κ3) is 3.27. The van der Waals surface area contributed by atoms with Gasteiger partial charge in [0.05, 0.1) is 12.3 Å². The van der Waals surface area contributed by atoms with Crippen LogP contribution in [0.4, 0.5) is 10.1 Å². The fourth-order valence-electron chi connectivity index (χ4n) is 2.89. The number of aliphatic hydroxyl groups is 1. The molecule has 0 amide bonds. The van der Waals surface area contributed by atoms with Gasteiger partial charge in [-0.1, -0.05) is 26.8 Å². The SMILES string of the molecule is CC(C)(C)C1CCN(c2ccc(CO)cc2F)CC1. The molecular weight excluding hydrogens is 241 g/mol. The van der Waals surface area contributed by atoms with Crippen molar-refractivity contribution in [1.82, 2.24) is 0 Å². The van der Waals surface area contributed by atoms with Crippen molar-refractivity contribution in [3.63, 3.8) is 0 Å². The highest BCUT2D eigenvalue weighted by molar-refractivity contribution is 5.49. The summed E-state index contributed by atoms with van der Waals surface area (Å²) < 4.78 is 14.0. The summed E-state index contributed by atoms with van der Waals surface area (Å²) in [5.74, 6) is 0.490. The third-order valence-electron chi connectivity index (χ3n) is 4.26. The average Bonchev–Trinajstić information content (AvgIpc) is 2.37. The highest BCUT2D eigenvalue weighted by Gasteiger charge is 2.29. The maximum absolute atomic E-state index is 14.0. The number of rotatable bonds is 2. The summed E-state index contributed by atoms with van der Waals surface area (Å²) in [6.45, 7) is 8.57. The number of aliphatic hydroxyl groups excluding tert-OH is 1. The van der Waals surface area contributed by atoms with Gasteiger partial charge in [0, 0.05) is 13.1 Å². The van der Waals surface area contributed by atoms with E-state index in [0.717, 1.165) is 25.9 Å². The molecule has 1 aliphatic rings. The number of anilines is 1. The number of benzene rings is 1. The van der Waals surface area contributed by atoms with Crippen molar-refractivity contribution in [2.24, 2.45) is 11.3 Å². The summed E-state index contributed by atoms with van der Waals surface area (Å²) in [5.41, 5.74) is 1.64. The first-order valence-electron chi connectivity index (χ1n) is 7.06. The monoisotopic (exact) mass is 265 g/mol. The smallest absolute Gasteiger partial charge is 0.146 e. The molecule has 2 rings (SSSR count). The van der Waals surface area contributed by atoms with Crippen LogP contribution in [0.5, 0.6) is 0 Å². The van der Waals surface area contributed by atoms with Crippen LogP contribution < -0.4 is 4.90 Å². The molecule has 1 N–H and O–H groups in total. The van der Waals surface area contributed by atoms with Gasteiger partial charge in [-0.3, -0.25) is 0 Å². The van der Waals surface area contributed by atoms with Crippen LogP contribution >= 0.6 is 0 Å². The van der Waals surface area contributed by atoms with Gasteiger partial charge >= 0.3 is 0 Å². The number of halogens is 1. The van der Waals surface area contributed by atoms with E-state index in [0.29, 0.717) is 22.6 Å². The van der Waals surface area contributed by atoms with Crippen molar-refractivity contribution in [3.8, 4) is 0 Å². The van der Waals surface area contributed by atoms with E-state index in [4.69, 9.17) is 5.11 Å². The summed E-state index contributed by atoms with van der Waals surface area (Å²) in [6, 6.07) is 5.03. The Kier molecular flexibility index (Phi) is 4.14. The molecule has 0 aliphatic carbocycles. The molecule has 0 spiro atoms. The van der Waals surface area contributed by atoms with Crippen LogP contribution in [0.2, 0.25) is 0 Å². The number of hydrogen-bond acceptors (Lipinski definition) is 2. The maximum atomic E-state index is 14.0. The predicted molar refractivity (Wildman–Crippen MR) is 76.7 cm³/mol. The highest BCUT2D eigenvalue weighted by Crippen LogP contribution is 2.36. The molecule has 19 heavy (non-hydrogen) atoms. The molecular formula is C16H24FNO. The number of nitrogens with zero attached hydrogens (tertiary/aromatic N) is 1. The van der Waals surface area contributed by atoms with Crippen LogP contribution in [0.15, 0.2) is 18.2 Å². The second kappa shape index (κ2) is 5.49. The largest absolute Gasteiger partial charge is 0.392 e. The maximum Gasteiger partial charge on any atom is 0.146 e. The molecule has 1 heterocycles. The van der Waals surface area contributed by atoms with Crippen molar-refractivity contribution >= 4 is 5.69 Å². The Morgan fingerprint density at radius 3 is 2.37 bits per heavy atom. The second-order valence-electron chi connectivity index (χ2n) is 6.57. The molecule has 0 radical (unpaired) electrons. The minimum Gasteiger partial charge on any atom is -0.392 e. The van der Waals surface area contributed by atoms with E-state index >= 15 is 0 Å². The molecule has 1 saturated heterocycles. The second-order valence-corrected chi connectivity index (χ2v) is 6.57. The van der Waals surface area contributed by atoms with Crippen molar-refractivity contribution in [2.75, 3.05) is 18.0 Å². The summed E-state index contributed by atoms with van der Waals surface area (Å²) in [4.78, 5) is 2.12. The van der Waals surface area contributed by atoms with Crippen LogP contribution in [0.25, 0.3) is 0 Å². The van der Waals surface area contributed by atoms with Crippen molar-refractivity contribution in [2.45, 2.75) is 40.2 Å². The summed E-state index contributed by atoms with van der Waals surface area (Å²) in [7, 11) is 0. The van der Waals surface area contributed by atoms with E-state index in [1.165, 1.54) is 6.07 Å². The molecule has 0 atom stereocenters. The van der Waals surface area contributed by atoms with Crippen molar-refractivity contribution in [1.29, 1.82) is 0 Å². The first kappa shape index (κ1) is 14.3. The van der Waals surface area contributed by atoms with Gasteiger partial charge in [-0.25, -0.2) is 4.39 Å². The minimum absolute atomic E-state index is 0.108. The van der Waals surface area contributed by atoms with Gasteiger partial charge in [0.15, 0.2) is 0 Å². The quantitative estimate of drug-likeness (QED) is 0.883. The molecule has 1 aromatic carbocycles.